The molecule has 3 heteroatoms. The van der Waals surface area contributed by atoms with E-state index in [0.29, 0.717) is 13.1 Å². The normalized spacial score (nSPS) is 17.4. The Morgan fingerprint density at radius 1 is 1.21 bits per heavy atom. The number of nitrogens with one attached hydrogen (secondary N) is 1. The van der Waals surface area contributed by atoms with Crippen molar-refractivity contribution >= 4 is 5.91 Å². The lowest BCUT2D eigenvalue weighted by Crippen LogP contribution is -2.40. The van der Waals surface area contributed by atoms with Gasteiger partial charge in [-0.25, -0.2) is 0 Å². The van der Waals surface area contributed by atoms with E-state index in [1.807, 2.05) is 26.0 Å². The SMILES string of the molecule is Cc1cc(C)cc(C(=O)NCC2(CN)CCCC2)c1. The second kappa shape index (κ2) is 5.74. The Morgan fingerprint density at radius 2 is 1.79 bits per heavy atom. The lowest BCUT2D eigenvalue weighted by atomic mass is 9.86. The first-order valence-corrected chi connectivity index (χ1v) is 7.11. The first-order chi connectivity index (χ1) is 9.04. The molecule has 0 aliphatic heterocycles. The number of hydrogen-bond acceptors (Lipinski definition) is 2. The summed E-state index contributed by atoms with van der Waals surface area (Å²) in [5, 5.41) is 3.07. The zero-order chi connectivity index (χ0) is 13.9. The van der Waals surface area contributed by atoms with Gasteiger partial charge in [-0.2, -0.15) is 0 Å². The van der Waals surface area contributed by atoms with Gasteiger partial charge in [-0.15, -0.1) is 0 Å². The minimum absolute atomic E-state index is 0.0199. The summed E-state index contributed by atoms with van der Waals surface area (Å²) in [6, 6.07) is 5.95. The van der Waals surface area contributed by atoms with Gasteiger partial charge in [0.05, 0.1) is 0 Å². The highest BCUT2D eigenvalue weighted by molar-refractivity contribution is 5.94. The lowest BCUT2D eigenvalue weighted by molar-refractivity contribution is 0.0932. The molecule has 0 saturated heterocycles. The van der Waals surface area contributed by atoms with E-state index in [4.69, 9.17) is 5.73 Å². The summed E-state index contributed by atoms with van der Waals surface area (Å²) in [4.78, 5) is 12.2. The van der Waals surface area contributed by atoms with Crippen molar-refractivity contribution in [3.8, 4) is 0 Å². The molecule has 1 aromatic rings. The van der Waals surface area contributed by atoms with Gasteiger partial charge in [-0.1, -0.05) is 30.0 Å². The molecule has 0 spiro atoms. The van der Waals surface area contributed by atoms with Crippen LogP contribution in [0.3, 0.4) is 0 Å². The van der Waals surface area contributed by atoms with Crippen LogP contribution >= 0.6 is 0 Å². The molecular formula is C16H24N2O. The Hall–Kier alpha value is -1.35. The molecule has 0 aromatic heterocycles. The van der Waals surface area contributed by atoms with Crippen LogP contribution in [-0.2, 0) is 0 Å². The number of carbonyl (C=O) groups is 1. The third-order valence-corrected chi connectivity index (χ3v) is 4.21. The molecule has 1 amide bonds. The minimum Gasteiger partial charge on any atom is -0.351 e. The smallest absolute Gasteiger partial charge is 0.251 e. The fourth-order valence-corrected chi connectivity index (χ4v) is 3.05. The van der Waals surface area contributed by atoms with Crippen molar-refractivity contribution in [3.63, 3.8) is 0 Å². The fraction of sp³-hybridized carbons (Fsp3) is 0.562. The van der Waals surface area contributed by atoms with Crippen LogP contribution in [0.4, 0.5) is 0 Å². The van der Waals surface area contributed by atoms with Crippen LogP contribution in [0.15, 0.2) is 18.2 Å². The van der Waals surface area contributed by atoms with Crippen LogP contribution in [0.25, 0.3) is 0 Å². The van der Waals surface area contributed by atoms with E-state index in [1.165, 1.54) is 12.8 Å². The van der Waals surface area contributed by atoms with Crippen LogP contribution in [0, 0.1) is 19.3 Å². The summed E-state index contributed by atoms with van der Waals surface area (Å²) in [6.07, 6.45) is 4.74. The zero-order valence-corrected chi connectivity index (χ0v) is 12.0. The quantitative estimate of drug-likeness (QED) is 0.874. The molecule has 0 heterocycles. The van der Waals surface area contributed by atoms with E-state index in [0.717, 1.165) is 29.5 Å². The molecule has 19 heavy (non-hydrogen) atoms. The van der Waals surface area contributed by atoms with E-state index < -0.39 is 0 Å². The zero-order valence-electron chi connectivity index (χ0n) is 12.0. The summed E-state index contributed by atoms with van der Waals surface area (Å²) in [5.74, 6) is 0.0199. The Balaban J connectivity index is 2.01. The number of amides is 1. The Bertz CT molecular complexity index is 442. The molecule has 3 nitrogen and oxygen atoms in total. The highest BCUT2D eigenvalue weighted by Crippen LogP contribution is 2.36. The average Bonchev–Trinajstić information content (AvgIpc) is 2.84. The largest absolute Gasteiger partial charge is 0.351 e. The fourth-order valence-electron chi connectivity index (χ4n) is 3.05. The molecule has 3 N–H and O–H groups in total. The summed E-state index contributed by atoms with van der Waals surface area (Å²) in [7, 11) is 0. The van der Waals surface area contributed by atoms with Crippen molar-refractivity contribution in [2.24, 2.45) is 11.1 Å². The average molecular weight is 260 g/mol. The van der Waals surface area contributed by atoms with E-state index in [1.54, 1.807) is 0 Å². The predicted octanol–water partition coefficient (Wildman–Crippen LogP) is 2.55. The first-order valence-electron chi connectivity index (χ1n) is 7.11. The minimum atomic E-state index is 0.0199. The van der Waals surface area contributed by atoms with E-state index >= 15 is 0 Å². The number of hydrogen-bond donors (Lipinski definition) is 2. The Morgan fingerprint density at radius 3 is 2.32 bits per heavy atom. The van der Waals surface area contributed by atoms with Gasteiger partial charge < -0.3 is 11.1 Å². The van der Waals surface area contributed by atoms with Gasteiger partial charge in [0.25, 0.3) is 5.91 Å². The Kier molecular flexibility index (Phi) is 4.25. The van der Waals surface area contributed by atoms with Crippen LogP contribution in [-0.4, -0.2) is 19.0 Å². The van der Waals surface area contributed by atoms with Crippen molar-refractivity contribution in [3.05, 3.63) is 34.9 Å². The molecule has 1 aliphatic carbocycles. The van der Waals surface area contributed by atoms with Crippen LogP contribution < -0.4 is 11.1 Å². The maximum absolute atomic E-state index is 12.2. The van der Waals surface area contributed by atoms with Crippen molar-refractivity contribution in [1.29, 1.82) is 0 Å². The third kappa shape index (κ3) is 3.35. The van der Waals surface area contributed by atoms with Gasteiger partial charge in [0.1, 0.15) is 0 Å². The molecule has 1 fully saturated rings. The maximum atomic E-state index is 12.2. The van der Waals surface area contributed by atoms with E-state index in [2.05, 4.69) is 11.4 Å². The highest BCUT2D eigenvalue weighted by atomic mass is 16.1. The molecule has 0 unspecified atom stereocenters. The van der Waals surface area contributed by atoms with Gasteiger partial charge in [0.15, 0.2) is 0 Å². The number of aryl methyl sites for hydroxylation is 2. The van der Waals surface area contributed by atoms with Crippen LogP contribution in [0.2, 0.25) is 0 Å². The van der Waals surface area contributed by atoms with E-state index in [9.17, 15) is 4.79 Å². The van der Waals surface area contributed by atoms with Crippen LogP contribution in [0.1, 0.15) is 47.2 Å². The number of nitrogens with two attached hydrogens (primary N) is 1. The molecule has 0 atom stereocenters. The first kappa shape index (κ1) is 14.1. The van der Waals surface area contributed by atoms with Gasteiger partial charge in [0, 0.05) is 12.1 Å². The molecule has 0 radical (unpaired) electrons. The van der Waals surface area contributed by atoms with Gasteiger partial charge in [0.2, 0.25) is 0 Å². The van der Waals surface area contributed by atoms with Gasteiger partial charge in [-0.05, 0) is 50.8 Å². The summed E-state index contributed by atoms with van der Waals surface area (Å²) in [5.41, 5.74) is 9.03. The van der Waals surface area contributed by atoms with Crippen molar-refractivity contribution in [1.82, 2.24) is 5.32 Å². The van der Waals surface area contributed by atoms with Crippen molar-refractivity contribution < 1.29 is 4.79 Å². The molecule has 2 rings (SSSR count). The molecular weight excluding hydrogens is 236 g/mol. The number of rotatable bonds is 4. The molecule has 1 aliphatic rings. The Labute approximate surface area is 115 Å². The molecule has 1 aromatic carbocycles. The monoisotopic (exact) mass is 260 g/mol. The predicted molar refractivity (Wildman–Crippen MR) is 78.2 cm³/mol. The molecule has 1 saturated carbocycles. The van der Waals surface area contributed by atoms with Crippen molar-refractivity contribution in [2.45, 2.75) is 39.5 Å². The third-order valence-electron chi connectivity index (χ3n) is 4.21. The summed E-state index contributed by atoms with van der Waals surface area (Å²) >= 11 is 0. The summed E-state index contributed by atoms with van der Waals surface area (Å²) < 4.78 is 0. The second-order valence-electron chi connectivity index (χ2n) is 5.97. The number of benzene rings is 1. The molecule has 104 valence electrons. The van der Waals surface area contributed by atoms with Crippen LogP contribution in [0.5, 0.6) is 0 Å². The van der Waals surface area contributed by atoms with Gasteiger partial charge >= 0.3 is 0 Å². The second-order valence-corrected chi connectivity index (χ2v) is 5.97. The lowest BCUT2D eigenvalue weighted by Gasteiger charge is -2.27. The number of carbonyl (C=O) groups excluding carboxylic acids is 1. The van der Waals surface area contributed by atoms with Crippen molar-refractivity contribution in [2.75, 3.05) is 13.1 Å². The highest BCUT2D eigenvalue weighted by Gasteiger charge is 2.32. The van der Waals surface area contributed by atoms with Gasteiger partial charge in [-0.3, -0.25) is 4.79 Å². The molecule has 0 bridgehead atoms. The van der Waals surface area contributed by atoms with E-state index in [-0.39, 0.29) is 11.3 Å². The summed E-state index contributed by atoms with van der Waals surface area (Å²) in [6.45, 7) is 5.40. The topological polar surface area (TPSA) is 55.1 Å². The standard InChI is InChI=1S/C16H24N2O/c1-12-7-13(2)9-14(8-12)15(19)18-11-16(10-17)5-3-4-6-16/h7-9H,3-6,10-11,17H2,1-2H3,(H,18,19). The maximum Gasteiger partial charge on any atom is 0.251 e.